The highest BCUT2D eigenvalue weighted by molar-refractivity contribution is 6.12. The first-order valence-corrected chi connectivity index (χ1v) is 18.9. The fourth-order valence-corrected chi connectivity index (χ4v) is 8.82. The van der Waals surface area contributed by atoms with Gasteiger partial charge in [-0.2, -0.15) is 0 Å². The summed E-state index contributed by atoms with van der Waals surface area (Å²) in [5.41, 5.74) is 16.0. The van der Waals surface area contributed by atoms with Crippen LogP contribution in [-0.2, 0) is 5.41 Å². The van der Waals surface area contributed by atoms with Crippen LogP contribution in [0.1, 0.15) is 25.0 Å². The lowest BCUT2D eigenvalue weighted by atomic mass is 9.82. The molecule has 0 N–H and O–H groups in total. The van der Waals surface area contributed by atoms with Gasteiger partial charge in [0.15, 0.2) is 0 Å². The Balaban J connectivity index is 1.17. The first kappa shape index (κ1) is 32.0. The van der Waals surface area contributed by atoms with E-state index in [9.17, 15) is 0 Å². The molecule has 10 rings (SSSR count). The monoisotopic (exact) mass is 689 g/mol. The Kier molecular flexibility index (Phi) is 7.56. The number of fused-ring (bicyclic) bond motifs is 6. The van der Waals surface area contributed by atoms with Crippen molar-refractivity contribution < 1.29 is 0 Å². The smallest absolute Gasteiger partial charge is 0.0540 e. The zero-order chi connectivity index (χ0) is 36.2. The zero-order valence-electron chi connectivity index (χ0n) is 30.5. The van der Waals surface area contributed by atoms with Crippen molar-refractivity contribution in [3.63, 3.8) is 0 Å². The topological polar surface area (TPSA) is 3.24 Å². The first-order chi connectivity index (χ1) is 26.6. The number of rotatable bonds is 6. The molecule has 1 aliphatic carbocycles. The van der Waals surface area contributed by atoms with E-state index in [4.69, 9.17) is 0 Å². The van der Waals surface area contributed by atoms with Gasteiger partial charge in [-0.1, -0.05) is 178 Å². The summed E-state index contributed by atoms with van der Waals surface area (Å²) in [6.07, 6.45) is 0. The van der Waals surface area contributed by atoms with E-state index in [1.54, 1.807) is 0 Å². The molecule has 0 saturated heterocycles. The second-order valence-corrected chi connectivity index (χ2v) is 14.9. The van der Waals surface area contributed by atoms with Crippen molar-refractivity contribution in [1.82, 2.24) is 0 Å². The van der Waals surface area contributed by atoms with Crippen LogP contribution in [0.25, 0.3) is 66.1 Å². The Morgan fingerprint density at radius 1 is 0.352 bits per heavy atom. The van der Waals surface area contributed by atoms with Crippen LogP contribution >= 0.6 is 0 Å². The van der Waals surface area contributed by atoms with Gasteiger partial charge in [0.1, 0.15) is 0 Å². The van der Waals surface area contributed by atoms with Gasteiger partial charge in [-0.3, -0.25) is 0 Å². The van der Waals surface area contributed by atoms with Crippen molar-refractivity contribution >= 4 is 38.6 Å². The fraction of sp³-hybridized carbons (Fsp3) is 0.0566. The molecule has 1 aliphatic rings. The van der Waals surface area contributed by atoms with E-state index in [-0.39, 0.29) is 5.41 Å². The van der Waals surface area contributed by atoms with Gasteiger partial charge in [0.2, 0.25) is 0 Å². The molecule has 0 aromatic heterocycles. The molecule has 0 unspecified atom stereocenters. The molecule has 0 atom stereocenters. The molecule has 1 nitrogen and oxygen atoms in total. The van der Waals surface area contributed by atoms with Crippen LogP contribution in [0, 0.1) is 0 Å². The lowest BCUT2D eigenvalue weighted by Gasteiger charge is -2.29. The third-order valence-electron chi connectivity index (χ3n) is 11.5. The van der Waals surface area contributed by atoms with Crippen molar-refractivity contribution in [2.24, 2.45) is 0 Å². The molecule has 9 aromatic carbocycles. The van der Waals surface area contributed by atoms with Crippen molar-refractivity contribution in [1.29, 1.82) is 0 Å². The number of anilines is 3. The molecule has 256 valence electrons. The second kappa shape index (κ2) is 12.8. The molecular weight excluding hydrogens is 651 g/mol. The summed E-state index contributed by atoms with van der Waals surface area (Å²) in [6.45, 7) is 4.72. The Morgan fingerprint density at radius 2 is 0.963 bits per heavy atom. The number of nitrogens with zero attached hydrogens (tertiary/aromatic N) is 1. The Hall–Kier alpha value is -6.70. The van der Waals surface area contributed by atoms with E-state index in [0.29, 0.717) is 0 Å². The minimum Gasteiger partial charge on any atom is -0.310 e. The molecular formula is C53H39N. The third kappa shape index (κ3) is 5.16. The van der Waals surface area contributed by atoms with Crippen molar-refractivity contribution in [2.75, 3.05) is 4.90 Å². The van der Waals surface area contributed by atoms with Crippen molar-refractivity contribution in [2.45, 2.75) is 19.3 Å². The molecule has 0 saturated carbocycles. The Morgan fingerprint density at radius 3 is 1.80 bits per heavy atom. The largest absolute Gasteiger partial charge is 0.310 e. The van der Waals surface area contributed by atoms with Crippen molar-refractivity contribution in [3.05, 3.63) is 211 Å². The van der Waals surface area contributed by atoms with Crippen LogP contribution in [0.2, 0.25) is 0 Å². The highest BCUT2D eigenvalue weighted by atomic mass is 15.1. The van der Waals surface area contributed by atoms with Gasteiger partial charge < -0.3 is 4.90 Å². The van der Waals surface area contributed by atoms with Crippen LogP contribution in [0.3, 0.4) is 0 Å². The molecule has 1 heteroatoms. The summed E-state index contributed by atoms with van der Waals surface area (Å²) in [5, 5.41) is 5.10. The Labute approximate surface area is 317 Å². The van der Waals surface area contributed by atoms with E-state index in [0.717, 1.165) is 17.1 Å². The van der Waals surface area contributed by atoms with Gasteiger partial charge in [-0.15, -0.1) is 0 Å². The predicted molar refractivity (Wildman–Crippen MR) is 230 cm³/mol. The summed E-state index contributed by atoms with van der Waals surface area (Å²) in [5.74, 6) is 0. The predicted octanol–water partition coefficient (Wildman–Crippen LogP) is 14.8. The normalized spacial score (nSPS) is 12.8. The fourth-order valence-electron chi connectivity index (χ4n) is 8.82. The van der Waals surface area contributed by atoms with E-state index in [2.05, 4.69) is 219 Å². The highest BCUT2D eigenvalue weighted by Crippen LogP contribution is 2.54. The summed E-state index contributed by atoms with van der Waals surface area (Å²) < 4.78 is 0. The van der Waals surface area contributed by atoms with Crippen LogP contribution in [-0.4, -0.2) is 0 Å². The summed E-state index contributed by atoms with van der Waals surface area (Å²) in [6, 6.07) is 73.4. The molecule has 0 fully saturated rings. The Bertz CT molecular complexity index is 2830. The highest BCUT2D eigenvalue weighted by Gasteiger charge is 2.37. The second-order valence-electron chi connectivity index (χ2n) is 14.9. The number of para-hydroxylation sites is 1. The molecule has 9 aromatic rings. The zero-order valence-corrected chi connectivity index (χ0v) is 30.5. The summed E-state index contributed by atoms with van der Waals surface area (Å²) in [7, 11) is 0. The van der Waals surface area contributed by atoms with Crippen LogP contribution in [0.5, 0.6) is 0 Å². The quantitative estimate of drug-likeness (QED) is 0.157. The van der Waals surface area contributed by atoms with E-state index >= 15 is 0 Å². The number of hydrogen-bond donors (Lipinski definition) is 0. The van der Waals surface area contributed by atoms with Gasteiger partial charge in [-0.05, 0) is 108 Å². The molecule has 0 bridgehead atoms. The van der Waals surface area contributed by atoms with Crippen LogP contribution in [0.15, 0.2) is 200 Å². The molecule has 0 radical (unpaired) electrons. The average Bonchev–Trinajstić information content (AvgIpc) is 3.48. The van der Waals surface area contributed by atoms with Gasteiger partial charge in [0.05, 0.1) is 5.69 Å². The van der Waals surface area contributed by atoms with Gasteiger partial charge >= 0.3 is 0 Å². The first-order valence-electron chi connectivity index (χ1n) is 18.9. The molecule has 0 spiro atoms. The van der Waals surface area contributed by atoms with E-state index < -0.39 is 0 Å². The maximum absolute atomic E-state index is 2.43. The van der Waals surface area contributed by atoms with Gasteiger partial charge in [-0.25, -0.2) is 0 Å². The molecule has 54 heavy (non-hydrogen) atoms. The van der Waals surface area contributed by atoms with E-state index in [1.165, 1.54) is 77.2 Å². The minimum atomic E-state index is -0.0953. The maximum Gasteiger partial charge on any atom is 0.0540 e. The molecule has 0 amide bonds. The summed E-state index contributed by atoms with van der Waals surface area (Å²) >= 11 is 0. The minimum absolute atomic E-state index is 0.0953. The average molecular weight is 690 g/mol. The lowest BCUT2D eigenvalue weighted by molar-refractivity contribution is 0.660. The van der Waals surface area contributed by atoms with Crippen molar-refractivity contribution in [3.8, 4) is 44.5 Å². The number of hydrogen-bond acceptors (Lipinski definition) is 1. The standard InChI is InChI=1S/C53H39N/c1-53(2)49-25-12-11-21-47(49)52-46(24-14-26-50(52)53)48-35-39(36-15-5-3-6-16-36)30-34-51(48)54(40-18-7-4-8-19-40)41-31-27-38(28-32-41)43-22-13-23-44-42-20-10-9-17-37(42)29-33-45(43)44/h3-35H,1-2H3. The van der Waals surface area contributed by atoms with E-state index in [1.807, 2.05) is 0 Å². The SMILES string of the molecule is CC1(C)c2ccccc2-c2c(-c3cc(-c4ccccc4)ccc3N(c3ccccc3)c3ccc(-c4cccc5c4ccc4ccccc45)cc3)cccc21. The molecule has 0 aliphatic heterocycles. The summed E-state index contributed by atoms with van der Waals surface area (Å²) in [4.78, 5) is 2.43. The third-order valence-corrected chi connectivity index (χ3v) is 11.5. The number of benzene rings is 9. The van der Waals surface area contributed by atoms with Gasteiger partial charge in [0.25, 0.3) is 0 Å². The maximum atomic E-state index is 2.43. The molecule has 0 heterocycles. The van der Waals surface area contributed by atoms with Gasteiger partial charge in [0, 0.05) is 22.4 Å². The lowest BCUT2D eigenvalue weighted by Crippen LogP contribution is -2.15. The van der Waals surface area contributed by atoms with Crippen LogP contribution < -0.4 is 4.90 Å². The van der Waals surface area contributed by atoms with Crippen LogP contribution in [0.4, 0.5) is 17.1 Å².